The third kappa shape index (κ3) is 5.55. The maximum Gasteiger partial charge on any atom is 0.221 e. The highest BCUT2D eigenvalue weighted by Crippen LogP contribution is 2.19. The fourth-order valence-electron chi connectivity index (χ4n) is 3.75. The van der Waals surface area contributed by atoms with E-state index in [-0.39, 0.29) is 5.91 Å². The van der Waals surface area contributed by atoms with Gasteiger partial charge >= 0.3 is 0 Å². The zero-order valence-corrected chi connectivity index (χ0v) is 17.4. The molecule has 3 aromatic rings. The number of pyridine rings is 1. The molecule has 6 heteroatoms. The van der Waals surface area contributed by atoms with Gasteiger partial charge in [0.05, 0.1) is 11.2 Å². The molecule has 1 N–H and O–H groups in total. The zero-order chi connectivity index (χ0) is 20.8. The number of piperazine rings is 1. The summed E-state index contributed by atoms with van der Waals surface area (Å²) >= 11 is 0. The number of hydrogen-bond donors (Lipinski definition) is 1. The normalized spacial score (nSPS) is 15.2. The van der Waals surface area contributed by atoms with Crippen LogP contribution in [0.3, 0.4) is 0 Å². The van der Waals surface area contributed by atoms with Gasteiger partial charge in [-0.2, -0.15) is 0 Å². The van der Waals surface area contributed by atoms with Crippen LogP contribution in [0.5, 0.6) is 5.75 Å². The zero-order valence-electron chi connectivity index (χ0n) is 17.4. The number of benzene rings is 2. The van der Waals surface area contributed by atoms with Gasteiger partial charge in [-0.1, -0.05) is 24.3 Å². The van der Waals surface area contributed by atoms with E-state index in [9.17, 15) is 4.79 Å². The first kappa shape index (κ1) is 20.3. The monoisotopic (exact) mass is 404 g/mol. The van der Waals surface area contributed by atoms with Gasteiger partial charge in [0.25, 0.3) is 0 Å². The second-order valence-corrected chi connectivity index (χ2v) is 7.67. The van der Waals surface area contributed by atoms with Crippen molar-refractivity contribution < 1.29 is 9.53 Å². The molecular formula is C24H28N4O2. The number of hydrogen-bond acceptors (Lipinski definition) is 5. The molecule has 0 aliphatic carbocycles. The second kappa shape index (κ2) is 9.69. The molecule has 1 saturated heterocycles. The van der Waals surface area contributed by atoms with Gasteiger partial charge in [0.15, 0.2) is 0 Å². The smallest absolute Gasteiger partial charge is 0.221 e. The Morgan fingerprint density at radius 2 is 1.77 bits per heavy atom. The van der Waals surface area contributed by atoms with Crippen LogP contribution in [0.1, 0.15) is 12.6 Å². The van der Waals surface area contributed by atoms with Crippen LogP contribution in [0.25, 0.3) is 10.9 Å². The van der Waals surface area contributed by atoms with Crippen molar-refractivity contribution in [2.75, 3.05) is 44.6 Å². The highest BCUT2D eigenvalue weighted by atomic mass is 16.5. The SMILES string of the molecule is CC(=O)Nc1ccc2nc(CN3CCN(CCOc4ccccc4)CC3)ccc2c1. The summed E-state index contributed by atoms with van der Waals surface area (Å²) in [7, 11) is 0. The van der Waals surface area contributed by atoms with Gasteiger partial charge < -0.3 is 10.1 Å². The maximum atomic E-state index is 11.2. The molecule has 30 heavy (non-hydrogen) atoms. The number of carbonyl (C=O) groups excluding carboxylic acids is 1. The number of aromatic nitrogens is 1. The molecule has 4 rings (SSSR count). The Morgan fingerprint density at radius 3 is 2.53 bits per heavy atom. The van der Waals surface area contributed by atoms with Gasteiger partial charge in [-0.25, -0.2) is 0 Å². The lowest BCUT2D eigenvalue weighted by molar-refractivity contribution is -0.114. The number of rotatable bonds is 7. The molecule has 0 spiro atoms. The quantitative estimate of drug-likeness (QED) is 0.654. The van der Waals surface area contributed by atoms with Crippen LogP contribution in [-0.2, 0) is 11.3 Å². The molecule has 0 saturated carbocycles. The number of fused-ring (bicyclic) bond motifs is 1. The third-order valence-electron chi connectivity index (χ3n) is 5.34. The molecule has 1 aliphatic heterocycles. The first-order valence-corrected chi connectivity index (χ1v) is 10.5. The van der Waals surface area contributed by atoms with E-state index in [1.807, 2.05) is 48.5 Å². The number of carbonyl (C=O) groups is 1. The van der Waals surface area contributed by atoms with Gasteiger partial charge in [-0.3, -0.25) is 19.6 Å². The predicted molar refractivity (Wildman–Crippen MR) is 120 cm³/mol. The van der Waals surface area contributed by atoms with Crippen LogP contribution in [-0.4, -0.2) is 60.0 Å². The molecule has 2 aromatic carbocycles. The lowest BCUT2D eigenvalue weighted by Gasteiger charge is -2.34. The van der Waals surface area contributed by atoms with E-state index in [2.05, 4.69) is 27.2 Å². The average molecular weight is 405 g/mol. The summed E-state index contributed by atoms with van der Waals surface area (Å²) in [6.07, 6.45) is 0. The number of ether oxygens (including phenoxy) is 1. The van der Waals surface area contributed by atoms with E-state index in [1.54, 1.807) is 0 Å². The molecule has 0 bridgehead atoms. The number of para-hydroxylation sites is 1. The van der Waals surface area contributed by atoms with E-state index in [4.69, 9.17) is 9.72 Å². The van der Waals surface area contributed by atoms with Gasteiger partial charge in [-0.05, 0) is 36.4 Å². The number of nitrogens with zero attached hydrogens (tertiary/aromatic N) is 3. The van der Waals surface area contributed by atoms with Crippen LogP contribution in [0.15, 0.2) is 60.7 Å². The van der Waals surface area contributed by atoms with Crippen molar-refractivity contribution >= 4 is 22.5 Å². The summed E-state index contributed by atoms with van der Waals surface area (Å²) in [6, 6.07) is 20.0. The molecule has 2 heterocycles. The molecule has 156 valence electrons. The van der Waals surface area contributed by atoms with Gasteiger partial charge in [0, 0.05) is 57.3 Å². The Labute approximate surface area is 177 Å². The molecule has 1 fully saturated rings. The predicted octanol–water partition coefficient (Wildman–Crippen LogP) is 3.39. The van der Waals surface area contributed by atoms with E-state index >= 15 is 0 Å². The van der Waals surface area contributed by atoms with Crippen molar-refractivity contribution in [3.8, 4) is 5.75 Å². The second-order valence-electron chi connectivity index (χ2n) is 7.67. The van der Waals surface area contributed by atoms with Crippen LogP contribution in [0.4, 0.5) is 5.69 Å². The minimum atomic E-state index is -0.0651. The molecule has 0 atom stereocenters. The molecule has 1 amide bonds. The summed E-state index contributed by atoms with van der Waals surface area (Å²) in [5.41, 5.74) is 2.84. The highest BCUT2D eigenvalue weighted by molar-refractivity contribution is 5.92. The Kier molecular flexibility index (Phi) is 6.57. The van der Waals surface area contributed by atoms with E-state index in [0.717, 1.165) is 73.9 Å². The summed E-state index contributed by atoms with van der Waals surface area (Å²) in [6.45, 7) is 8.21. The van der Waals surface area contributed by atoms with Gasteiger partial charge in [0.2, 0.25) is 5.91 Å². The molecule has 0 unspecified atom stereocenters. The first-order valence-electron chi connectivity index (χ1n) is 10.5. The summed E-state index contributed by atoms with van der Waals surface area (Å²) in [5.74, 6) is 0.868. The van der Waals surface area contributed by atoms with Crippen molar-refractivity contribution in [2.45, 2.75) is 13.5 Å². The van der Waals surface area contributed by atoms with E-state index in [1.165, 1.54) is 6.92 Å². The fourth-order valence-corrected chi connectivity index (χ4v) is 3.75. The molecular weight excluding hydrogens is 376 g/mol. The summed E-state index contributed by atoms with van der Waals surface area (Å²) in [5, 5.41) is 3.85. The van der Waals surface area contributed by atoms with Crippen molar-refractivity contribution in [3.63, 3.8) is 0 Å². The minimum Gasteiger partial charge on any atom is -0.492 e. The van der Waals surface area contributed by atoms with Crippen molar-refractivity contribution in [2.24, 2.45) is 0 Å². The number of anilines is 1. The maximum absolute atomic E-state index is 11.2. The Bertz CT molecular complexity index is 985. The third-order valence-corrected chi connectivity index (χ3v) is 5.34. The van der Waals surface area contributed by atoms with Gasteiger partial charge in [0.1, 0.15) is 12.4 Å². The van der Waals surface area contributed by atoms with Crippen LogP contribution in [0, 0.1) is 0 Å². The Balaban J connectivity index is 1.25. The lowest BCUT2D eigenvalue weighted by Crippen LogP contribution is -2.47. The first-order chi connectivity index (χ1) is 14.7. The Hall–Kier alpha value is -2.96. The average Bonchev–Trinajstić information content (AvgIpc) is 2.75. The van der Waals surface area contributed by atoms with Gasteiger partial charge in [-0.15, -0.1) is 0 Å². The summed E-state index contributed by atoms with van der Waals surface area (Å²) in [4.78, 5) is 20.9. The molecule has 0 radical (unpaired) electrons. The minimum absolute atomic E-state index is 0.0651. The standard InChI is InChI=1S/C24H28N4O2/c1-19(29)25-21-9-10-24-20(17-21)7-8-22(26-24)18-28-13-11-27(12-14-28)15-16-30-23-5-3-2-4-6-23/h2-10,17H,11-16,18H2,1H3,(H,25,29). The molecule has 1 aliphatic rings. The lowest BCUT2D eigenvalue weighted by atomic mass is 10.1. The van der Waals surface area contributed by atoms with Crippen molar-refractivity contribution in [1.29, 1.82) is 0 Å². The molecule has 6 nitrogen and oxygen atoms in total. The van der Waals surface area contributed by atoms with E-state index in [0.29, 0.717) is 0 Å². The molecule has 1 aromatic heterocycles. The number of amides is 1. The van der Waals surface area contributed by atoms with Crippen molar-refractivity contribution in [1.82, 2.24) is 14.8 Å². The Morgan fingerprint density at radius 1 is 1.00 bits per heavy atom. The summed E-state index contributed by atoms with van der Waals surface area (Å²) < 4.78 is 5.81. The van der Waals surface area contributed by atoms with Crippen LogP contribution >= 0.6 is 0 Å². The fraction of sp³-hybridized carbons (Fsp3) is 0.333. The largest absolute Gasteiger partial charge is 0.492 e. The van der Waals surface area contributed by atoms with Crippen LogP contribution < -0.4 is 10.1 Å². The number of nitrogens with one attached hydrogen (secondary N) is 1. The van der Waals surface area contributed by atoms with Crippen LogP contribution in [0.2, 0.25) is 0 Å². The van der Waals surface area contributed by atoms with Crippen molar-refractivity contribution in [3.05, 3.63) is 66.4 Å². The highest BCUT2D eigenvalue weighted by Gasteiger charge is 2.17. The van der Waals surface area contributed by atoms with E-state index < -0.39 is 0 Å². The topological polar surface area (TPSA) is 57.7 Å².